The van der Waals surface area contributed by atoms with Crippen LogP contribution in [0.4, 0.5) is 4.39 Å². The summed E-state index contributed by atoms with van der Waals surface area (Å²) in [5, 5.41) is 0.592. The maximum Gasteiger partial charge on any atom is 0.196 e. The monoisotopic (exact) mass is 503 g/mol. The van der Waals surface area contributed by atoms with Crippen LogP contribution >= 0.6 is 23.2 Å². The molecule has 0 aliphatic heterocycles. The number of sulfone groups is 1. The number of aromatic nitrogens is 1. The maximum absolute atomic E-state index is 15.3. The van der Waals surface area contributed by atoms with Crippen molar-refractivity contribution >= 4 is 44.4 Å². The Morgan fingerprint density at radius 2 is 1.82 bits per heavy atom. The summed E-state index contributed by atoms with van der Waals surface area (Å²) in [7, 11) is -3.55. The third kappa shape index (κ3) is 4.88. The lowest BCUT2D eigenvalue weighted by atomic mass is 9.96. The summed E-state index contributed by atoms with van der Waals surface area (Å²) in [6, 6.07) is 11.8. The number of carbonyl (C=O) groups excluding carboxylic acids is 1. The van der Waals surface area contributed by atoms with E-state index in [9.17, 15) is 13.2 Å². The Balaban J connectivity index is 1.70. The third-order valence-corrected chi connectivity index (χ3v) is 7.86. The zero-order chi connectivity index (χ0) is 23.8. The van der Waals surface area contributed by atoms with E-state index < -0.39 is 27.2 Å². The van der Waals surface area contributed by atoms with Gasteiger partial charge in [0.25, 0.3) is 0 Å². The minimum Gasteiger partial charge on any atom is -0.288 e. The molecule has 4 rings (SSSR count). The molecule has 2 aromatic carbocycles. The van der Waals surface area contributed by atoms with Gasteiger partial charge in [-0.1, -0.05) is 48.3 Å². The number of fused-ring (bicyclic) bond motifs is 1. The molecule has 0 fully saturated rings. The highest BCUT2D eigenvalue weighted by Crippen LogP contribution is 2.34. The van der Waals surface area contributed by atoms with E-state index in [1.165, 1.54) is 12.1 Å². The van der Waals surface area contributed by atoms with Gasteiger partial charge in [-0.3, -0.25) is 9.78 Å². The average molecular weight is 504 g/mol. The molecule has 4 nitrogen and oxygen atoms in total. The highest BCUT2D eigenvalue weighted by Gasteiger charge is 2.28. The second-order valence-corrected chi connectivity index (χ2v) is 10.9. The lowest BCUT2D eigenvalue weighted by molar-refractivity contribution is 0.105. The molecule has 0 spiro atoms. The Hall–Kier alpha value is -2.54. The maximum atomic E-state index is 15.3. The van der Waals surface area contributed by atoms with Gasteiger partial charge >= 0.3 is 0 Å². The van der Waals surface area contributed by atoms with E-state index in [-0.39, 0.29) is 21.9 Å². The summed E-state index contributed by atoms with van der Waals surface area (Å²) < 4.78 is 39.9. The second-order valence-electron chi connectivity index (χ2n) is 7.86. The molecule has 1 heterocycles. The number of nitrogens with zero attached hydrogens (tertiary/aromatic N) is 1. The van der Waals surface area contributed by atoms with Crippen molar-refractivity contribution in [1.82, 2.24) is 4.98 Å². The summed E-state index contributed by atoms with van der Waals surface area (Å²) >= 11 is 12.1. The number of hydrogen-bond acceptors (Lipinski definition) is 4. The molecule has 1 aliphatic rings. The Morgan fingerprint density at radius 3 is 2.52 bits per heavy atom. The van der Waals surface area contributed by atoms with Gasteiger partial charge < -0.3 is 0 Å². The van der Waals surface area contributed by atoms with Crippen molar-refractivity contribution in [2.24, 2.45) is 0 Å². The van der Waals surface area contributed by atoms with Crippen LogP contribution in [0, 0.1) is 5.82 Å². The number of carbonyl (C=O) groups is 1. The van der Waals surface area contributed by atoms with Crippen molar-refractivity contribution in [3.05, 3.63) is 93.0 Å². The number of benzene rings is 2. The molecular formula is C25H20Cl2FNO3S. The van der Waals surface area contributed by atoms with Crippen molar-refractivity contribution in [2.75, 3.05) is 5.75 Å². The molecule has 0 unspecified atom stereocenters. The molecule has 1 aromatic heterocycles. The number of rotatable bonds is 7. The van der Waals surface area contributed by atoms with Crippen LogP contribution in [0.1, 0.15) is 40.5 Å². The van der Waals surface area contributed by atoms with E-state index in [0.29, 0.717) is 29.0 Å². The number of pyridine rings is 1. The second kappa shape index (κ2) is 9.37. The third-order valence-electron chi connectivity index (χ3n) is 5.49. The average Bonchev–Trinajstić information content (AvgIpc) is 3.20. The van der Waals surface area contributed by atoms with Crippen molar-refractivity contribution in [3.63, 3.8) is 0 Å². The predicted octanol–water partition coefficient (Wildman–Crippen LogP) is 6.34. The summed E-state index contributed by atoms with van der Waals surface area (Å²) in [5.74, 6) is -2.07. The molecule has 1 aliphatic carbocycles. The number of allylic oxidation sites excluding steroid dienone is 2. The van der Waals surface area contributed by atoms with Crippen LogP contribution in [-0.2, 0) is 22.0 Å². The van der Waals surface area contributed by atoms with Gasteiger partial charge in [0.05, 0.1) is 22.8 Å². The fraction of sp³-hybridized carbons (Fsp3) is 0.200. The molecule has 170 valence electrons. The molecule has 0 amide bonds. The largest absolute Gasteiger partial charge is 0.288 e. The molecule has 0 atom stereocenters. The quantitative estimate of drug-likeness (QED) is 0.352. The number of ketones is 1. The first-order valence-corrected chi connectivity index (χ1v) is 13.0. The van der Waals surface area contributed by atoms with Crippen LogP contribution in [-0.4, -0.2) is 24.9 Å². The van der Waals surface area contributed by atoms with Gasteiger partial charge in [-0.15, -0.1) is 0 Å². The smallest absolute Gasteiger partial charge is 0.196 e. The first-order valence-electron chi connectivity index (χ1n) is 10.4. The van der Waals surface area contributed by atoms with Crippen LogP contribution in [0.2, 0.25) is 10.0 Å². The molecule has 0 radical (unpaired) electrons. The highest BCUT2D eigenvalue weighted by molar-refractivity contribution is 7.90. The van der Waals surface area contributed by atoms with Crippen LogP contribution in [0.5, 0.6) is 0 Å². The Bertz CT molecular complexity index is 1380. The van der Waals surface area contributed by atoms with Gasteiger partial charge in [0.15, 0.2) is 15.6 Å². The summed E-state index contributed by atoms with van der Waals surface area (Å²) in [5.41, 5.74) is 2.97. The normalized spacial score (nSPS) is 13.0. The van der Waals surface area contributed by atoms with Crippen LogP contribution in [0.15, 0.2) is 54.7 Å². The zero-order valence-corrected chi connectivity index (χ0v) is 20.1. The van der Waals surface area contributed by atoms with Crippen LogP contribution in [0.25, 0.3) is 16.7 Å². The lowest BCUT2D eigenvalue weighted by Gasteiger charge is -2.12. The molecular weight excluding hydrogens is 484 g/mol. The number of halogens is 3. The molecule has 8 heteroatoms. The minimum atomic E-state index is -3.55. The van der Waals surface area contributed by atoms with Crippen LogP contribution in [0.3, 0.4) is 0 Å². The Morgan fingerprint density at radius 1 is 1.09 bits per heavy atom. The molecule has 3 aromatic rings. The summed E-state index contributed by atoms with van der Waals surface area (Å²) in [6.07, 6.45) is 4.30. The van der Waals surface area contributed by atoms with Gasteiger partial charge in [-0.05, 0) is 42.3 Å². The van der Waals surface area contributed by atoms with Gasteiger partial charge in [-0.2, -0.15) is 0 Å². The highest BCUT2D eigenvalue weighted by atomic mass is 35.5. The van der Waals surface area contributed by atoms with Crippen molar-refractivity contribution < 1.29 is 17.6 Å². The van der Waals surface area contributed by atoms with E-state index in [2.05, 4.69) is 4.98 Å². The topological polar surface area (TPSA) is 64.1 Å². The first kappa shape index (κ1) is 23.6. The van der Waals surface area contributed by atoms with Crippen molar-refractivity contribution in [3.8, 4) is 11.1 Å². The van der Waals surface area contributed by atoms with E-state index in [4.69, 9.17) is 23.2 Å². The van der Waals surface area contributed by atoms with Gasteiger partial charge in [0, 0.05) is 44.9 Å². The summed E-state index contributed by atoms with van der Waals surface area (Å²) in [6.45, 7) is 1.73. The van der Waals surface area contributed by atoms with Gasteiger partial charge in [0.2, 0.25) is 0 Å². The van der Waals surface area contributed by atoms with E-state index in [0.717, 1.165) is 16.8 Å². The fourth-order valence-corrected chi connectivity index (χ4v) is 5.77. The number of hydrogen-bond donors (Lipinski definition) is 0. The SMILES string of the molecule is CCCS(=O)(=O)Cc1c(Cl)ccc(C(=O)C2=CCc3ncc(-c4ccc(Cl)cc4)cc32)c1F. The van der Waals surface area contributed by atoms with Crippen LogP contribution < -0.4 is 0 Å². The molecule has 0 bridgehead atoms. The standard InChI is InChI=1S/C25H20Cl2FNO3S/c1-2-11-33(31,32)14-21-22(27)9-7-19(24(21)28)25(30)18-8-10-23-20(18)12-16(13-29-23)15-3-5-17(26)6-4-15/h3-9,12-13H,2,10-11,14H2,1H3. The molecule has 0 N–H and O–H groups in total. The predicted molar refractivity (Wildman–Crippen MR) is 130 cm³/mol. The van der Waals surface area contributed by atoms with Gasteiger partial charge in [0.1, 0.15) is 5.82 Å². The zero-order valence-electron chi connectivity index (χ0n) is 17.7. The van der Waals surface area contributed by atoms with Crippen molar-refractivity contribution in [2.45, 2.75) is 25.5 Å². The summed E-state index contributed by atoms with van der Waals surface area (Å²) in [4.78, 5) is 17.8. The van der Waals surface area contributed by atoms with E-state index in [1.54, 1.807) is 31.3 Å². The van der Waals surface area contributed by atoms with E-state index >= 15 is 4.39 Å². The van der Waals surface area contributed by atoms with Crippen molar-refractivity contribution in [1.29, 1.82) is 0 Å². The molecule has 33 heavy (non-hydrogen) atoms. The van der Waals surface area contributed by atoms with E-state index in [1.807, 2.05) is 18.2 Å². The minimum absolute atomic E-state index is 0.0174. The Labute approximate surface area is 202 Å². The van der Waals surface area contributed by atoms with Gasteiger partial charge in [-0.25, -0.2) is 12.8 Å². The number of Topliss-reactive ketones (excluding diaryl/α,β-unsaturated/α-hetero) is 1. The Kier molecular flexibility index (Phi) is 6.71. The molecule has 0 saturated heterocycles. The lowest BCUT2D eigenvalue weighted by Crippen LogP contribution is -2.13. The molecule has 0 saturated carbocycles. The first-order chi connectivity index (χ1) is 15.7. The fourth-order valence-electron chi connectivity index (χ4n) is 3.87.